The van der Waals surface area contributed by atoms with Gasteiger partial charge in [-0.15, -0.1) is 0 Å². The van der Waals surface area contributed by atoms with Crippen molar-refractivity contribution in [2.24, 2.45) is 5.41 Å². The highest BCUT2D eigenvalue weighted by Crippen LogP contribution is 2.48. The van der Waals surface area contributed by atoms with Gasteiger partial charge in [-0.05, 0) is 55.8 Å². The molecule has 2 unspecified atom stereocenters. The van der Waals surface area contributed by atoms with E-state index in [0.29, 0.717) is 29.7 Å². The number of hydrogen-bond donors (Lipinski definition) is 2. The molecule has 1 aliphatic heterocycles. The van der Waals surface area contributed by atoms with Gasteiger partial charge in [-0.25, -0.2) is 13.2 Å². The van der Waals surface area contributed by atoms with E-state index in [9.17, 15) is 23.8 Å². The number of nitrogens with zero attached hydrogens (tertiary/aromatic N) is 2. The summed E-state index contributed by atoms with van der Waals surface area (Å²) in [6.07, 6.45) is 4.43. The third kappa shape index (κ3) is 4.94. The number of methoxy groups -OCH3 is 1. The molecule has 1 fully saturated rings. The molecule has 2 heterocycles. The van der Waals surface area contributed by atoms with Gasteiger partial charge in [-0.3, -0.25) is 14.7 Å². The lowest BCUT2D eigenvalue weighted by molar-refractivity contribution is -0.150. The molecule has 0 amide bonds. The van der Waals surface area contributed by atoms with Gasteiger partial charge in [0.25, 0.3) is 0 Å². The smallest absolute Gasteiger partial charge is 0.311 e. The van der Waals surface area contributed by atoms with Crippen LogP contribution >= 0.6 is 0 Å². The Morgan fingerprint density at radius 3 is 2.75 bits per heavy atom. The molecular weight excluding hydrogens is 473 g/mol. The van der Waals surface area contributed by atoms with Gasteiger partial charge in [-0.1, -0.05) is 12.2 Å². The van der Waals surface area contributed by atoms with Crippen LogP contribution in [0.4, 0.5) is 13.2 Å². The summed E-state index contributed by atoms with van der Waals surface area (Å²) < 4.78 is 47.9. The van der Waals surface area contributed by atoms with E-state index in [1.54, 1.807) is 24.3 Å². The number of fused-ring (bicyclic) bond motifs is 1. The number of aromatic nitrogens is 1. The molecule has 1 aliphatic rings. The zero-order valence-electron chi connectivity index (χ0n) is 19.8. The van der Waals surface area contributed by atoms with E-state index in [1.807, 2.05) is 4.90 Å². The van der Waals surface area contributed by atoms with Gasteiger partial charge < -0.3 is 14.9 Å². The lowest BCUT2D eigenvalue weighted by Gasteiger charge is -2.35. The maximum Gasteiger partial charge on any atom is 0.311 e. The summed E-state index contributed by atoms with van der Waals surface area (Å²) in [5.74, 6) is -3.21. The number of carboxylic acid groups (broad SMARTS) is 1. The first-order chi connectivity index (χ1) is 17.3. The molecule has 0 radical (unpaired) electrons. The molecule has 9 heteroatoms. The normalized spacial score (nSPS) is 19.2. The summed E-state index contributed by atoms with van der Waals surface area (Å²) >= 11 is 0. The number of benzene rings is 2. The molecule has 0 spiro atoms. The standard InChI is InChI=1S/C27H27F3N2O4/c1-36-19-5-7-24-20(14-19)25(23(30)15-31-24)21(8-12-33)27(26(34)35)9-11-32(16-27)10-2-3-17-13-18(28)4-6-22(17)29/h2-7,13-15,21,33H,8-12,16H2,1H3,(H,34,35)/b3-2+. The van der Waals surface area contributed by atoms with E-state index in [-0.39, 0.29) is 37.1 Å². The van der Waals surface area contributed by atoms with E-state index >= 15 is 4.39 Å². The number of aliphatic hydroxyl groups is 1. The first-order valence-electron chi connectivity index (χ1n) is 11.6. The summed E-state index contributed by atoms with van der Waals surface area (Å²) in [7, 11) is 1.48. The van der Waals surface area contributed by atoms with Gasteiger partial charge in [-0.2, -0.15) is 0 Å². The van der Waals surface area contributed by atoms with Crippen molar-refractivity contribution in [3.05, 3.63) is 77.2 Å². The van der Waals surface area contributed by atoms with Gasteiger partial charge in [0.2, 0.25) is 0 Å². The number of hydrogen-bond acceptors (Lipinski definition) is 5. The first kappa shape index (κ1) is 25.7. The summed E-state index contributed by atoms with van der Waals surface area (Å²) in [5.41, 5.74) is -0.602. The van der Waals surface area contributed by atoms with Crippen LogP contribution in [0, 0.1) is 22.9 Å². The molecule has 2 aromatic carbocycles. The van der Waals surface area contributed by atoms with Crippen molar-refractivity contribution >= 4 is 22.9 Å². The first-order valence-corrected chi connectivity index (χ1v) is 11.6. The van der Waals surface area contributed by atoms with E-state index in [1.165, 1.54) is 13.2 Å². The second-order valence-electron chi connectivity index (χ2n) is 8.98. The van der Waals surface area contributed by atoms with Crippen molar-refractivity contribution in [3.8, 4) is 5.75 Å². The quantitative estimate of drug-likeness (QED) is 0.446. The summed E-state index contributed by atoms with van der Waals surface area (Å²) in [4.78, 5) is 18.7. The van der Waals surface area contributed by atoms with E-state index in [0.717, 1.165) is 24.4 Å². The minimum atomic E-state index is -1.38. The van der Waals surface area contributed by atoms with Crippen LogP contribution in [0.15, 0.2) is 48.7 Å². The fourth-order valence-electron chi connectivity index (χ4n) is 5.12. The van der Waals surface area contributed by atoms with E-state index in [4.69, 9.17) is 4.74 Å². The van der Waals surface area contributed by atoms with Crippen molar-refractivity contribution in [2.45, 2.75) is 18.8 Å². The third-order valence-corrected chi connectivity index (χ3v) is 6.93. The molecule has 0 bridgehead atoms. The van der Waals surface area contributed by atoms with Crippen LogP contribution < -0.4 is 4.74 Å². The van der Waals surface area contributed by atoms with Crippen LogP contribution in [-0.4, -0.2) is 59.4 Å². The maximum atomic E-state index is 15.3. The summed E-state index contributed by atoms with van der Waals surface area (Å²) in [6, 6.07) is 8.16. The SMILES string of the molecule is COc1ccc2ncc(F)c(C(CCO)C3(C(=O)O)CCN(C/C=C/c4cc(F)ccc4F)C3)c2c1. The molecule has 1 saturated heterocycles. The van der Waals surface area contributed by atoms with Crippen molar-refractivity contribution in [1.29, 1.82) is 0 Å². The van der Waals surface area contributed by atoms with Crippen LogP contribution in [0.5, 0.6) is 5.75 Å². The van der Waals surface area contributed by atoms with Crippen molar-refractivity contribution in [3.63, 3.8) is 0 Å². The number of ether oxygens (including phenoxy) is 1. The van der Waals surface area contributed by atoms with E-state index in [2.05, 4.69) is 4.98 Å². The highest BCUT2D eigenvalue weighted by molar-refractivity contribution is 5.86. The molecule has 2 N–H and O–H groups in total. The Labute approximate surface area is 206 Å². The third-order valence-electron chi connectivity index (χ3n) is 6.93. The number of aliphatic carboxylic acids is 1. The van der Waals surface area contributed by atoms with Crippen LogP contribution in [0.1, 0.15) is 29.9 Å². The van der Waals surface area contributed by atoms with Crippen molar-refractivity contribution in [2.75, 3.05) is 33.4 Å². The molecule has 2 atom stereocenters. The Balaban J connectivity index is 1.67. The van der Waals surface area contributed by atoms with Crippen molar-refractivity contribution in [1.82, 2.24) is 9.88 Å². The molecule has 3 aromatic rings. The van der Waals surface area contributed by atoms with Gasteiger partial charge >= 0.3 is 5.97 Å². The van der Waals surface area contributed by atoms with Crippen molar-refractivity contribution < 1.29 is 32.9 Å². The van der Waals surface area contributed by atoms with Crippen LogP contribution in [-0.2, 0) is 4.79 Å². The second-order valence-corrected chi connectivity index (χ2v) is 8.98. The number of carbonyl (C=O) groups is 1. The fraction of sp³-hybridized carbons (Fsp3) is 0.333. The lowest BCUT2D eigenvalue weighted by Crippen LogP contribution is -2.41. The van der Waals surface area contributed by atoms with Gasteiger partial charge in [0.15, 0.2) is 0 Å². The Kier molecular flexibility index (Phi) is 7.61. The molecule has 4 rings (SSSR count). The van der Waals surface area contributed by atoms with Gasteiger partial charge in [0.05, 0.1) is 24.2 Å². The van der Waals surface area contributed by atoms with Crippen LogP contribution in [0.3, 0.4) is 0 Å². The van der Waals surface area contributed by atoms with Gasteiger partial charge in [0, 0.05) is 42.1 Å². The van der Waals surface area contributed by atoms with Crippen LogP contribution in [0.2, 0.25) is 0 Å². The largest absolute Gasteiger partial charge is 0.497 e. The fourth-order valence-corrected chi connectivity index (χ4v) is 5.12. The molecule has 190 valence electrons. The number of rotatable bonds is 9. The van der Waals surface area contributed by atoms with Gasteiger partial charge in [0.1, 0.15) is 23.2 Å². The molecule has 1 aromatic heterocycles. The number of pyridine rings is 1. The molecule has 0 aliphatic carbocycles. The lowest BCUT2D eigenvalue weighted by atomic mass is 9.69. The minimum Gasteiger partial charge on any atom is -0.497 e. The molecular formula is C27H27F3N2O4. The Hall–Kier alpha value is -3.43. The number of likely N-dealkylation sites (tertiary alicyclic amines) is 1. The zero-order chi connectivity index (χ0) is 25.9. The monoisotopic (exact) mass is 500 g/mol. The number of carboxylic acids is 1. The highest BCUT2D eigenvalue weighted by Gasteiger charge is 2.51. The Morgan fingerprint density at radius 1 is 1.22 bits per heavy atom. The second kappa shape index (κ2) is 10.7. The predicted octanol–water partition coefficient (Wildman–Crippen LogP) is 4.62. The average molecular weight is 501 g/mol. The predicted molar refractivity (Wildman–Crippen MR) is 129 cm³/mol. The summed E-state index contributed by atoms with van der Waals surface area (Å²) in [5, 5.41) is 20.7. The Bertz CT molecular complexity index is 1300. The topological polar surface area (TPSA) is 82.9 Å². The molecule has 0 saturated carbocycles. The molecule has 36 heavy (non-hydrogen) atoms. The number of aliphatic hydroxyl groups excluding tert-OH is 1. The van der Waals surface area contributed by atoms with Crippen LogP contribution in [0.25, 0.3) is 17.0 Å². The van der Waals surface area contributed by atoms with E-state index < -0.39 is 34.8 Å². The summed E-state index contributed by atoms with van der Waals surface area (Å²) in [6.45, 7) is 0.463. The minimum absolute atomic E-state index is 0.0394. The zero-order valence-corrected chi connectivity index (χ0v) is 19.8. The number of halogens is 3. The highest BCUT2D eigenvalue weighted by atomic mass is 19.1. The average Bonchev–Trinajstić information content (AvgIpc) is 3.30. The molecule has 6 nitrogen and oxygen atoms in total. The maximum absolute atomic E-state index is 15.3. The Morgan fingerprint density at radius 2 is 2.03 bits per heavy atom.